The van der Waals surface area contributed by atoms with Crippen LogP contribution in [0.2, 0.25) is 0 Å². The first-order valence-corrected chi connectivity index (χ1v) is 13.1. The maximum absolute atomic E-state index is 5.92. The van der Waals surface area contributed by atoms with Crippen LogP contribution in [0.25, 0.3) is 0 Å². The quantitative estimate of drug-likeness (QED) is 0.0726. The third kappa shape index (κ3) is 21.7. The molecule has 0 N–H and O–H groups in total. The molecule has 28 heavy (non-hydrogen) atoms. The molecule has 0 aromatic rings. The first-order chi connectivity index (χ1) is 13.2. The minimum Gasteiger partial charge on any atom is -1.00 e. The Balaban J connectivity index is 0. The van der Waals surface area contributed by atoms with Crippen molar-refractivity contribution in [1.82, 2.24) is 0 Å². The van der Waals surface area contributed by atoms with E-state index in [-0.39, 0.29) is 24.0 Å². The lowest BCUT2D eigenvalue weighted by Gasteiger charge is -2.35. The molecular weight excluding hydrogens is 477 g/mol. The Bertz CT molecular complexity index is 266. The van der Waals surface area contributed by atoms with Crippen LogP contribution >= 0.6 is 11.6 Å². The largest absolute Gasteiger partial charge is 1.00 e. The van der Waals surface area contributed by atoms with Crippen LogP contribution in [0.4, 0.5) is 0 Å². The van der Waals surface area contributed by atoms with Crippen molar-refractivity contribution < 1.29 is 28.5 Å². The van der Waals surface area contributed by atoms with Gasteiger partial charge in [-0.15, -0.1) is 11.6 Å². The highest BCUT2D eigenvalue weighted by atomic mass is 127. The summed E-state index contributed by atoms with van der Waals surface area (Å²) in [7, 11) is 2.51. The van der Waals surface area contributed by atoms with Crippen LogP contribution in [0.1, 0.15) is 129 Å². The third-order valence-corrected chi connectivity index (χ3v) is 6.45. The molecule has 0 aliphatic carbocycles. The zero-order valence-electron chi connectivity index (χ0n) is 19.8. The molecule has 0 aromatic carbocycles. The SMILES string of the molecule is CCCCCCCCCC[N+](C)(CCCCCl)CCCCCCCCCC.[I-]. The summed E-state index contributed by atoms with van der Waals surface area (Å²) in [6, 6.07) is 0. The Morgan fingerprint density at radius 3 is 1.07 bits per heavy atom. The van der Waals surface area contributed by atoms with Gasteiger partial charge in [0.1, 0.15) is 0 Å². The maximum atomic E-state index is 5.92. The van der Waals surface area contributed by atoms with E-state index < -0.39 is 0 Å². The summed E-state index contributed by atoms with van der Waals surface area (Å²) in [5.41, 5.74) is 0. The van der Waals surface area contributed by atoms with Crippen LogP contribution in [0.15, 0.2) is 0 Å². The molecular formula is C25H53ClIN. The lowest BCUT2D eigenvalue weighted by molar-refractivity contribution is -0.910. The molecule has 0 fully saturated rings. The summed E-state index contributed by atoms with van der Waals surface area (Å²) in [5, 5.41) is 0. The summed E-state index contributed by atoms with van der Waals surface area (Å²) >= 11 is 5.92. The molecule has 0 unspecified atom stereocenters. The molecule has 3 heteroatoms. The summed E-state index contributed by atoms with van der Waals surface area (Å²) in [6.45, 7) is 8.70. The highest BCUT2D eigenvalue weighted by molar-refractivity contribution is 6.17. The van der Waals surface area contributed by atoms with Gasteiger partial charge in [-0.1, -0.05) is 90.9 Å². The maximum Gasteiger partial charge on any atom is 0.0784 e. The van der Waals surface area contributed by atoms with Gasteiger partial charge in [-0.05, 0) is 38.5 Å². The predicted octanol–water partition coefficient (Wildman–Crippen LogP) is 5.74. The Hall–Kier alpha value is 0.980. The average molecular weight is 530 g/mol. The number of unbranched alkanes of at least 4 members (excludes halogenated alkanes) is 15. The van der Waals surface area contributed by atoms with Gasteiger partial charge in [0.25, 0.3) is 0 Å². The highest BCUT2D eigenvalue weighted by Crippen LogP contribution is 2.16. The molecule has 0 rings (SSSR count). The number of alkyl halides is 1. The van der Waals surface area contributed by atoms with Crippen molar-refractivity contribution in [3.8, 4) is 0 Å². The minimum absolute atomic E-state index is 0. The number of hydrogen-bond donors (Lipinski definition) is 0. The van der Waals surface area contributed by atoms with Crippen molar-refractivity contribution in [1.29, 1.82) is 0 Å². The van der Waals surface area contributed by atoms with Crippen LogP contribution < -0.4 is 24.0 Å². The summed E-state index contributed by atoms with van der Waals surface area (Å²) in [4.78, 5) is 0. The van der Waals surface area contributed by atoms with Gasteiger partial charge in [-0.3, -0.25) is 0 Å². The standard InChI is InChI=1S/C25H53ClN.HI/c1-4-6-8-10-12-14-16-19-23-27(3,25-21-18-22-26)24-20-17-15-13-11-9-7-5-2;/h4-25H2,1-3H3;1H/q+1;/p-1. The molecule has 0 aromatic heterocycles. The van der Waals surface area contributed by atoms with E-state index in [0.717, 1.165) is 5.88 Å². The van der Waals surface area contributed by atoms with E-state index >= 15 is 0 Å². The van der Waals surface area contributed by atoms with Gasteiger partial charge in [0, 0.05) is 5.88 Å². The predicted molar refractivity (Wildman–Crippen MR) is 126 cm³/mol. The molecule has 0 atom stereocenters. The van der Waals surface area contributed by atoms with E-state index in [1.165, 1.54) is 140 Å². The third-order valence-electron chi connectivity index (χ3n) is 6.18. The number of nitrogens with zero attached hydrogens (tertiary/aromatic N) is 1. The minimum atomic E-state index is 0. The number of quaternary nitrogens is 1. The Morgan fingerprint density at radius 1 is 0.464 bits per heavy atom. The average Bonchev–Trinajstić information content (AvgIpc) is 2.66. The van der Waals surface area contributed by atoms with E-state index in [2.05, 4.69) is 20.9 Å². The fourth-order valence-electron chi connectivity index (χ4n) is 4.18. The van der Waals surface area contributed by atoms with Crippen molar-refractivity contribution in [3.63, 3.8) is 0 Å². The first-order valence-electron chi connectivity index (χ1n) is 12.6. The Morgan fingerprint density at radius 2 is 0.750 bits per heavy atom. The summed E-state index contributed by atoms with van der Waals surface area (Å²) < 4.78 is 1.29. The van der Waals surface area contributed by atoms with Gasteiger partial charge in [-0.25, -0.2) is 0 Å². The van der Waals surface area contributed by atoms with Crippen molar-refractivity contribution >= 4 is 11.6 Å². The Kier molecular flexibility index (Phi) is 27.0. The topological polar surface area (TPSA) is 0 Å². The zero-order chi connectivity index (χ0) is 20.1. The van der Waals surface area contributed by atoms with Crippen LogP contribution in [0, 0.1) is 0 Å². The second kappa shape index (κ2) is 24.3. The number of rotatable bonds is 22. The summed E-state index contributed by atoms with van der Waals surface area (Å²) in [5.74, 6) is 0.829. The second-order valence-electron chi connectivity index (χ2n) is 9.14. The van der Waals surface area contributed by atoms with E-state index in [0.29, 0.717) is 0 Å². The van der Waals surface area contributed by atoms with Gasteiger partial charge in [-0.2, -0.15) is 0 Å². The molecule has 0 amide bonds. The van der Waals surface area contributed by atoms with Crippen LogP contribution in [-0.4, -0.2) is 37.0 Å². The van der Waals surface area contributed by atoms with Gasteiger partial charge in [0.15, 0.2) is 0 Å². The van der Waals surface area contributed by atoms with Crippen LogP contribution in [0.5, 0.6) is 0 Å². The lowest BCUT2D eigenvalue weighted by atomic mass is 10.1. The van der Waals surface area contributed by atoms with E-state index in [9.17, 15) is 0 Å². The van der Waals surface area contributed by atoms with E-state index in [4.69, 9.17) is 11.6 Å². The van der Waals surface area contributed by atoms with Crippen molar-refractivity contribution in [3.05, 3.63) is 0 Å². The molecule has 0 saturated heterocycles. The molecule has 0 aliphatic rings. The summed E-state index contributed by atoms with van der Waals surface area (Å²) in [6.07, 6.45) is 25.4. The van der Waals surface area contributed by atoms with Gasteiger partial charge >= 0.3 is 0 Å². The smallest absolute Gasteiger partial charge is 0.0784 e. The van der Waals surface area contributed by atoms with Crippen LogP contribution in [0.3, 0.4) is 0 Å². The van der Waals surface area contributed by atoms with Crippen molar-refractivity contribution in [2.24, 2.45) is 0 Å². The fourth-order valence-corrected chi connectivity index (χ4v) is 4.37. The molecule has 172 valence electrons. The molecule has 0 bridgehead atoms. The number of halogens is 2. The Labute approximate surface area is 201 Å². The van der Waals surface area contributed by atoms with Crippen molar-refractivity contribution in [2.45, 2.75) is 129 Å². The molecule has 0 saturated carbocycles. The van der Waals surface area contributed by atoms with E-state index in [1.807, 2.05) is 0 Å². The highest BCUT2D eigenvalue weighted by Gasteiger charge is 2.20. The molecule has 1 nitrogen and oxygen atoms in total. The lowest BCUT2D eigenvalue weighted by Crippen LogP contribution is -3.00. The van der Waals surface area contributed by atoms with Gasteiger partial charge in [0.2, 0.25) is 0 Å². The monoisotopic (exact) mass is 529 g/mol. The zero-order valence-corrected chi connectivity index (χ0v) is 22.7. The molecule has 0 heterocycles. The van der Waals surface area contributed by atoms with E-state index in [1.54, 1.807) is 0 Å². The molecule has 0 aliphatic heterocycles. The number of hydrogen-bond acceptors (Lipinski definition) is 0. The molecule has 0 spiro atoms. The fraction of sp³-hybridized carbons (Fsp3) is 1.00. The molecule has 0 radical (unpaired) electrons. The van der Waals surface area contributed by atoms with Gasteiger partial charge in [0.05, 0.1) is 26.7 Å². The second-order valence-corrected chi connectivity index (χ2v) is 9.51. The van der Waals surface area contributed by atoms with Crippen molar-refractivity contribution in [2.75, 3.05) is 32.6 Å². The normalized spacial score (nSPS) is 11.6. The van der Waals surface area contributed by atoms with Crippen LogP contribution in [-0.2, 0) is 0 Å². The van der Waals surface area contributed by atoms with Gasteiger partial charge < -0.3 is 28.5 Å². The first kappa shape index (κ1) is 31.2.